The van der Waals surface area contributed by atoms with Crippen LogP contribution in [0.4, 0.5) is 4.79 Å². The first kappa shape index (κ1) is 13.3. The zero-order valence-electron chi connectivity index (χ0n) is 10.2. The van der Waals surface area contributed by atoms with Crippen molar-refractivity contribution in [3.8, 4) is 0 Å². The van der Waals surface area contributed by atoms with Gasteiger partial charge in [-0.1, -0.05) is 13.8 Å². The SMILES string of the molecule is CCN(CC)C1CCN(C(=O)OCCO)C1. The molecule has 0 aromatic carbocycles. The zero-order chi connectivity index (χ0) is 12.0. The van der Waals surface area contributed by atoms with E-state index in [0.717, 1.165) is 32.6 Å². The van der Waals surface area contributed by atoms with Gasteiger partial charge in [0.25, 0.3) is 0 Å². The van der Waals surface area contributed by atoms with Crippen molar-refractivity contribution in [2.75, 3.05) is 39.4 Å². The molecule has 1 amide bonds. The Kier molecular flexibility index (Phi) is 5.55. The molecule has 5 nitrogen and oxygen atoms in total. The second kappa shape index (κ2) is 6.70. The number of hydrogen-bond acceptors (Lipinski definition) is 4. The fourth-order valence-corrected chi connectivity index (χ4v) is 2.17. The lowest BCUT2D eigenvalue weighted by atomic mass is 10.2. The van der Waals surface area contributed by atoms with Crippen molar-refractivity contribution in [2.45, 2.75) is 26.3 Å². The molecule has 1 N–H and O–H groups in total. The van der Waals surface area contributed by atoms with Crippen molar-refractivity contribution in [1.29, 1.82) is 0 Å². The van der Waals surface area contributed by atoms with Gasteiger partial charge in [-0.05, 0) is 19.5 Å². The summed E-state index contributed by atoms with van der Waals surface area (Å²) in [5.41, 5.74) is 0. The normalized spacial score (nSPS) is 20.5. The third-order valence-electron chi connectivity index (χ3n) is 3.07. The Morgan fingerprint density at radius 3 is 2.75 bits per heavy atom. The Morgan fingerprint density at radius 1 is 1.50 bits per heavy atom. The number of carbonyl (C=O) groups is 1. The maximum atomic E-state index is 11.5. The number of nitrogens with zero attached hydrogens (tertiary/aromatic N) is 2. The van der Waals surface area contributed by atoms with Crippen LogP contribution >= 0.6 is 0 Å². The number of rotatable bonds is 5. The van der Waals surface area contributed by atoms with Gasteiger partial charge in [-0.15, -0.1) is 0 Å². The second-order valence-corrected chi connectivity index (χ2v) is 3.95. The van der Waals surface area contributed by atoms with E-state index in [9.17, 15) is 4.79 Å². The van der Waals surface area contributed by atoms with Gasteiger partial charge in [0.15, 0.2) is 0 Å². The number of hydrogen-bond donors (Lipinski definition) is 1. The molecule has 1 atom stereocenters. The summed E-state index contributed by atoms with van der Waals surface area (Å²) in [6, 6.07) is 0.455. The molecule has 5 heteroatoms. The van der Waals surface area contributed by atoms with Crippen molar-refractivity contribution < 1.29 is 14.6 Å². The van der Waals surface area contributed by atoms with Gasteiger partial charge in [0.2, 0.25) is 0 Å². The summed E-state index contributed by atoms with van der Waals surface area (Å²) in [6.45, 7) is 7.77. The third kappa shape index (κ3) is 3.35. The van der Waals surface area contributed by atoms with Gasteiger partial charge in [-0.2, -0.15) is 0 Å². The predicted octanol–water partition coefficient (Wildman–Crippen LogP) is 0.531. The van der Waals surface area contributed by atoms with Crippen LogP contribution in [0, 0.1) is 0 Å². The molecule has 1 saturated heterocycles. The number of aliphatic hydroxyl groups excluding tert-OH is 1. The predicted molar refractivity (Wildman–Crippen MR) is 61.3 cm³/mol. The molecule has 1 heterocycles. The van der Waals surface area contributed by atoms with E-state index in [0.29, 0.717) is 6.04 Å². The minimum Gasteiger partial charge on any atom is -0.447 e. The molecule has 1 fully saturated rings. The highest BCUT2D eigenvalue weighted by Crippen LogP contribution is 2.16. The van der Waals surface area contributed by atoms with Crippen molar-refractivity contribution in [3.05, 3.63) is 0 Å². The summed E-state index contributed by atoms with van der Waals surface area (Å²) in [5.74, 6) is 0. The minimum absolute atomic E-state index is 0.0886. The van der Waals surface area contributed by atoms with Crippen LogP contribution in [0.1, 0.15) is 20.3 Å². The lowest BCUT2D eigenvalue weighted by molar-refractivity contribution is 0.0879. The van der Waals surface area contributed by atoms with Crippen LogP contribution in [0.15, 0.2) is 0 Å². The molecule has 0 aromatic rings. The van der Waals surface area contributed by atoms with Crippen LogP contribution < -0.4 is 0 Å². The topological polar surface area (TPSA) is 53.0 Å². The van der Waals surface area contributed by atoms with E-state index >= 15 is 0 Å². The molecule has 0 bridgehead atoms. The number of ether oxygens (including phenoxy) is 1. The van der Waals surface area contributed by atoms with Gasteiger partial charge in [0.1, 0.15) is 6.61 Å². The molecule has 94 valence electrons. The van der Waals surface area contributed by atoms with Gasteiger partial charge >= 0.3 is 6.09 Å². The molecule has 0 saturated carbocycles. The van der Waals surface area contributed by atoms with Gasteiger partial charge in [0.05, 0.1) is 6.61 Å². The highest BCUT2D eigenvalue weighted by molar-refractivity contribution is 5.68. The van der Waals surface area contributed by atoms with Gasteiger partial charge < -0.3 is 14.7 Å². The Morgan fingerprint density at radius 2 is 2.19 bits per heavy atom. The summed E-state index contributed by atoms with van der Waals surface area (Å²) in [6.07, 6.45) is 0.708. The van der Waals surface area contributed by atoms with E-state index < -0.39 is 0 Å². The summed E-state index contributed by atoms with van der Waals surface area (Å²) in [7, 11) is 0. The quantitative estimate of drug-likeness (QED) is 0.748. The summed E-state index contributed by atoms with van der Waals surface area (Å²) < 4.78 is 4.89. The molecule has 1 aliphatic heterocycles. The van der Waals surface area contributed by atoms with E-state index in [-0.39, 0.29) is 19.3 Å². The molecule has 1 unspecified atom stereocenters. The molecule has 1 rings (SSSR count). The Labute approximate surface area is 97.0 Å². The van der Waals surface area contributed by atoms with Crippen LogP contribution in [0.25, 0.3) is 0 Å². The fourth-order valence-electron chi connectivity index (χ4n) is 2.17. The second-order valence-electron chi connectivity index (χ2n) is 3.95. The molecular weight excluding hydrogens is 208 g/mol. The van der Waals surface area contributed by atoms with E-state index in [4.69, 9.17) is 9.84 Å². The Bertz CT molecular complexity index is 219. The first-order valence-corrected chi connectivity index (χ1v) is 5.99. The van der Waals surface area contributed by atoms with Crippen molar-refractivity contribution in [2.24, 2.45) is 0 Å². The largest absolute Gasteiger partial charge is 0.447 e. The maximum Gasteiger partial charge on any atom is 0.409 e. The minimum atomic E-state index is -0.302. The van der Waals surface area contributed by atoms with Crippen LogP contribution in [0.3, 0.4) is 0 Å². The van der Waals surface area contributed by atoms with Gasteiger partial charge in [0, 0.05) is 19.1 Å². The van der Waals surface area contributed by atoms with E-state index in [1.165, 1.54) is 0 Å². The number of carbonyl (C=O) groups excluding carboxylic acids is 1. The molecule has 16 heavy (non-hydrogen) atoms. The molecule has 0 aliphatic carbocycles. The zero-order valence-corrected chi connectivity index (χ0v) is 10.2. The van der Waals surface area contributed by atoms with Crippen LogP contribution in [-0.2, 0) is 4.74 Å². The van der Waals surface area contributed by atoms with Crippen LogP contribution in [0.2, 0.25) is 0 Å². The molecule has 1 aliphatic rings. The van der Waals surface area contributed by atoms with E-state index in [1.54, 1.807) is 4.90 Å². The number of likely N-dealkylation sites (N-methyl/N-ethyl adjacent to an activating group) is 1. The number of amides is 1. The monoisotopic (exact) mass is 230 g/mol. The van der Waals surface area contributed by atoms with Crippen molar-refractivity contribution >= 4 is 6.09 Å². The molecule has 0 radical (unpaired) electrons. The molecule has 0 spiro atoms. The van der Waals surface area contributed by atoms with Crippen LogP contribution in [0.5, 0.6) is 0 Å². The first-order valence-electron chi connectivity index (χ1n) is 5.99. The highest BCUT2D eigenvalue weighted by atomic mass is 16.6. The lowest BCUT2D eigenvalue weighted by Crippen LogP contribution is -2.38. The average Bonchev–Trinajstić information content (AvgIpc) is 2.77. The Balaban J connectivity index is 2.36. The van der Waals surface area contributed by atoms with Crippen molar-refractivity contribution in [1.82, 2.24) is 9.80 Å². The summed E-state index contributed by atoms with van der Waals surface area (Å²) in [4.78, 5) is 15.6. The van der Waals surface area contributed by atoms with Crippen LogP contribution in [-0.4, -0.2) is 66.4 Å². The molecular formula is C11H22N2O3. The number of likely N-dealkylation sites (tertiary alicyclic amines) is 1. The van der Waals surface area contributed by atoms with E-state index in [1.807, 2.05) is 0 Å². The van der Waals surface area contributed by atoms with Gasteiger partial charge in [-0.25, -0.2) is 4.79 Å². The fraction of sp³-hybridized carbons (Fsp3) is 0.909. The first-order chi connectivity index (χ1) is 7.72. The highest BCUT2D eigenvalue weighted by Gasteiger charge is 2.29. The van der Waals surface area contributed by atoms with Crippen molar-refractivity contribution in [3.63, 3.8) is 0 Å². The van der Waals surface area contributed by atoms with Gasteiger partial charge in [-0.3, -0.25) is 4.90 Å². The average molecular weight is 230 g/mol. The third-order valence-corrected chi connectivity index (χ3v) is 3.07. The van der Waals surface area contributed by atoms with E-state index in [2.05, 4.69) is 18.7 Å². The Hall–Kier alpha value is -0.810. The standard InChI is InChI=1S/C11H22N2O3/c1-3-12(4-2)10-5-6-13(9-10)11(15)16-8-7-14/h10,14H,3-9H2,1-2H3. The summed E-state index contributed by atoms with van der Waals surface area (Å²) in [5, 5.41) is 8.57. The number of aliphatic hydroxyl groups is 1. The lowest BCUT2D eigenvalue weighted by Gasteiger charge is -2.25. The smallest absolute Gasteiger partial charge is 0.409 e. The summed E-state index contributed by atoms with van der Waals surface area (Å²) >= 11 is 0. The maximum absolute atomic E-state index is 11.5. The molecule has 0 aromatic heterocycles.